The van der Waals surface area contributed by atoms with E-state index in [-0.39, 0.29) is 5.91 Å². The van der Waals surface area contributed by atoms with Gasteiger partial charge in [0, 0.05) is 41.3 Å². The molecule has 1 fully saturated rings. The molecule has 0 aliphatic carbocycles. The van der Waals surface area contributed by atoms with Gasteiger partial charge in [-0.1, -0.05) is 12.6 Å². The van der Waals surface area contributed by atoms with E-state index in [4.69, 9.17) is 10.5 Å². The first-order chi connectivity index (χ1) is 9.99. The second-order valence-corrected chi connectivity index (χ2v) is 5.14. The van der Waals surface area contributed by atoms with Gasteiger partial charge >= 0.3 is 0 Å². The van der Waals surface area contributed by atoms with Crippen LogP contribution in [0.3, 0.4) is 0 Å². The summed E-state index contributed by atoms with van der Waals surface area (Å²) in [6, 6.07) is 5.34. The van der Waals surface area contributed by atoms with Crippen LogP contribution in [0, 0.1) is 0 Å². The Morgan fingerprint density at radius 3 is 2.57 bits per heavy atom. The first-order valence-electron chi connectivity index (χ1n) is 6.97. The van der Waals surface area contributed by atoms with Crippen LogP contribution in [0.4, 0.5) is 5.69 Å². The van der Waals surface area contributed by atoms with Crippen molar-refractivity contribution in [1.29, 1.82) is 0 Å². The quantitative estimate of drug-likeness (QED) is 0.683. The monoisotopic (exact) mass is 287 g/mol. The standard InChI is InChI=1S/C16H21N3O2/c1-11(2)18-12(3)14-5-4-13(10-15(14)17)16(20)19-6-8-21-9-7-19/h4-5,10H,1,6-9,17H2,2-3H3. The van der Waals surface area contributed by atoms with Gasteiger partial charge in [-0.2, -0.15) is 0 Å². The number of morpholine rings is 1. The number of allylic oxidation sites excluding steroid dienone is 1. The lowest BCUT2D eigenvalue weighted by atomic mass is 10.0. The van der Waals surface area contributed by atoms with Gasteiger partial charge in [-0.05, 0) is 26.0 Å². The molecule has 1 aromatic rings. The third-order valence-electron chi connectivity index (χ3n) is 3.35. The summed E-state index contributed by atoms with van der Waals surface area (Å²) in [5, 5.41) is 0. The Kier molecular flexibility index (Phi) is 4.75. The van der Waals surface area contributed by atoms with Gasteiger partial charge in [0.05, 0.1) is 13.2 Å². The topological polar surface area (TPSA) is 67.9 Å². The first-order valence-corrected chi connectivity index (χ1v) is 6.97. The summed E-state index contributed by atoms with van der Waals surface area (Å²) in [6.07, 6.45) is 0. The zero-order valence-electron chi connectivity index (χ0n) is 12.6. The summed E-state index contributed by atoms with van der Waals surface area (Å²) in [5.74, 6) is -0.00829. The molecule has 112 valence electrons. The van der Waals surface area contributed by atoms with Gasteiger partial charge < -0.3 is 15.4 Å². The first kappa shape index (κ1) is 15.3. The molecule has 0 bridgehead atoms. The molecule has 21 heavy (non-hydrogen) atoms. The van der Waals surface area contributed by atoms with Gasteiger partial charge in [-0.3, -0.25) is 9.79 Å². The van der Waals surface area contributed by atoms with Crippen LogP contribution in [0.15, 0.2) is 35.5 Å². The fourth-order valence-electron chi connectivity index (χ4n) is 2.32. The molecular weight excluding hydrogens is 266 g/mol. The van der Waals surface area contributed by atoms with Gasteiger partial charge in [0.2, 0.25) is 0 Å². The number of ether oxygens (including phenoxy) is 1. The normalized spacial score (nSPS) is 15.9. The molecule has 0 unspecified atom stereocenters. The van der Waals surface area contributed by atoms with Crippen LogP contribution in [0.5, 0.6) is 0 Å². The van der Waals surface area contributed by atoms with E-state index in [1.54, 1.807) is 17.0 Å². The number of nitrogen functional groups attached to an aromatic ring is 1. The molecule has 1 heterocycles. The largest absolute Gasteiger partial charge is 0.398 e. The SMILES string of the molecule is C=C(C)N=C(C)c1ccc(C(=O)N2CCOCC2)cc1N. The minimum Gasteiger partial charge on any atom is -0.398 e. The molecular formula is C16H21N3O2. The van der Waals surface area contributed by atoms with Crippen LogP contribution in [0.1, 0.15) is 29.8 Å². The summed E-state index contributed by atoms with van der Waals surface area (Å²) >= 11 is 0. The highest BCUT2D eigenvalue weighted by atomic mass is 16.5. The summed E-state index contributed by atoms with van der Waals surface area (Å²) in [6.45, 7) is 9.88. The molecule has 2 rings (SSSR count). The minimum atomic E-state index is -0.00829. The van der Waals surface area contributed by atoms with Crippen LogP contribution < -0.4 is 5.73 Å². The fraction of sp³-hybridized carbons (Fsp3) is 0.375. The second-order valence-electron chi connectivity index (χ2n) is 5.14. The fourth-order valence-corrected chi connectivity index (χ4v) is 2.32. The number of rotatable bonds is 3. The molecule has 0 radical (unpaired) electrons. The molecule has 1 aromatic carbocycles. The number of aliphatic imine (C=N–C) groups is 1. The highest BCUT2D eigenvalue weighted by Crippen LogP contribution is 2.18. The molecule has 0 spiro atoms. The Hall–Kier alpha value is -2.14. The molecule has 0 atom stereocenters. The molecule has 0 aromatic heterocycles. The lowest BCUT2D eigenvalue weighted by molar-refractivity contribution is 0.0303. The third-order valence-corrected chi connectivity index (χ3v) is 3.35. The number of nitrogens with zero attached hydrogens (tertiary/aromatic N) is 2. The number of carbonyl (C=O) groups excluding carboxylic acids is 1. The Bertz CT molecular complexity index is 587. The van der Waals surface area contributed by atoms with Crippen LogP contribution in [-0.2, 0) is 4.74 Å². The van der Waals surface area contributed by atoms with E-state index in [1.165, 1.54) is 0 Å². The van der Waals surface area contributed by atoms with Crippen molar-refractivity contribution in [1.82, 2.24) is 4.90 Å². The van der Waals surface area contributed by atoms with Gasteiger partial charge in [0.15, 0.2) is 0 Å². The highest BCUT2D eigenvalue weighted by Gasteiger charge is 2.19. The zero-order chi connectivity index (χ0) is 15.4. The third kappa shape index (κ3) is 3.70. The van der Waals surface area contributed by atoms with Crippen molar-refractivity contribution in [3.63, 3.8) is 0 Å². The Labute approximate surface area is 125 Å². The van der Waals surface area contributed by atoms with Crippen molar-refractivity contribution in [2.24, 2.45) is 4.99 Å². The average Bonchev–Trinajstić information content (AvgIpc) is 2.46. The smallest absolute Gasteiger partial charge is 0.254 e. The molecule has 2 N–H and O–H groups in total. The second kappa shape index (κ2) is 6.54. The van der Waals surface area contributed by atoms with Crippen molar-refractivity contribution >= 4 is 17.3 Å². The van der Waals surface area contributed by atoms with Crippen LogP contribution in [0.25, 0.3) is 0 Å². The van der Waals surface area contributed by atoms with Crippen LogP contribution in [0.2, 0.25) is 0 Å². The van der Waals surface area contributed by atoms with E-state index >= 15 is 0 Å². The van der Waals surface area contributed by atoms with Gasteiger partial charge in [-0.25, -0.2) is 0 Å². The molecule has 1 aliphatic rings. The average molecular weight is 287 g/mol. The minimum absolute atomic E-state index is 0.00829. The summed E-state index contributed by atoms with van der Waals surface area (Å²) in [5.41, 5.74) is 9.56. The maximum atomic E-state index is 12.4. The summed E-state index contributed by atoms with van der Waals surface area (Å²) in [7, 11) is 0. The predicted octanol–water partition coefficient (Wildman–Crippen LogP) is 2.08. The van der Waals surface area contributed by atoms with Crippen LogP contribution >= 0.6 is 0 Å². The zero-order valence-corrected chi connectivity index (χ0v) is 12.6. The van der Waals surface area contributed by atoms with Gasteiger partial charge in [-0.15, -0.1) is 0 Å². The number of anilines is 1. The molecule has 1 aliphatic heterocycles. The lowest BCUT2D eigenvalue weighted by Gasteiger charge is -2.27. The Balaban J connectivity index is 2.22. The van der Waals surface area contributed by atoms with Crippen LogP contribution in [-0.4, -0.2) is 42.8 Å². The summed E-state index contributed by atoms with van der Waals surface area (Å²) < 4.78 is 5.25. The predicted molar refractivity (Wildman–Crippen MR) is 84.6 cm³/mol. The maximum Gasteiger partial charge on any atom is 0.254 e. The number of amides is 1. The number of nitrogens with two attached hydrogens (primary N) is 1. The van der Waals surface area contributed by atoms with Crippen molar-refractivity contribution in [2.75, 3.05) is 32.0 Å². The van der Waals surface area contributed by atoms with E-state index in [1.807, 2.05) is 19.9 Å². The molecule has 1 saturated heterocycles. The molecule has 1 amide bonds. The van der Waals surface area contributed by atoms with Gasteiger partial charge in [0.1, 0.15) is 0 Å². The van der Waals surface area contributed by atoms with E-state index in [9.17, 15) is 4.79 Å². The van der Waals surface area contributed by atoms with Gasteiger partial charge in [0.25, 0.3) is 5.91 Å². The van der Waals surface area contributed by atoms with E-state index in [0.717, 1.165) is 17.0 Å². The lowest BCUT2D eigenvalue weighted by Crippen LogP contribution is -2.40. The van der Waals surface area contributed by atoms with E-state index < -0.39 is 0 Å². The highest BCUT2D eigenvalue weighted by molar-refractivity contribution is 6.05. The number of hydrogen-bond donors (Lipinski definition) is 1. The summed E-state index contributed by atoms with van der Waals surface area (Å²) in [4.78, 5) is 18.5. The van der Waals surface area contributed by atoms with Crippen molar-refractivity contribution in [3.8, 4) is 0 Å². The molecule has 0 saturated carbocycles. The Morgan fingerprint density at radius 1 is 1.33 bits per heavy atom. The van der Waals surface area contributed by atoms with Crippen molar-refractivity contribution in [3.05, 3.63) is 41.6 Å². The van der Waals surface area contributed by atoms with E-state index in [0.29, 0.717) is 37.6 Å². The Morgan fingerprint density at radius 2 is 2.00 bits per heavy atom. The van der Waals surface area contributed by atoms with E-state index in [2.05, 4.69) is 11.6 Å². The molecule has 5 nitrogen and oxygen atoms in total. The molecule has 5 heteroatoms. The number of carbonyl (C=O) groups is 1. The maximum absolute atomic E-state index is 12.4. The number of benzene rings is 1. The van der Waals surface area contributed by atoms with Crippen molar-refractivity contribution in [2.45, 2.75) is 13.8 Å². The van der Waals surface area contributed by atoms with Crippen molar-refractivity contribution < 1.29 is 9.53 Å². The number of hydrogen-bond acceptors (Lipinski definition) is 4.